The number of hydrogen-bond acceptors (Lipinski definition) is 3. The molecule has 0 fully saturated rings. The van der Waals surface area contributed by atoms with E-state index in [2.05, 4.69) is 10.3 Å². The number of amides is 1. The molecule has 1 aromatic heterocycles. The van der Waals surface area contributed by atoms with Gasteiger partial charge in [0, 0.05) is 12.2 Å². The second-order valence-electron chi connectivity index (χ2n) is 4.26. The van der Waals surface area contributed by atoms with Crippen molar-refractivity contribution in [3.8, 4) is 5.69 Å². The van der Waals surface area contributed by atoms with Crippen LogP contribution in [0.25, 0.3) is 5.69 Å². The van der Waals surface area contributed by atoms with Crippen molar-refractivity contribution in [3.05, 3.63) is 48.5 Å². The molecule has 0 radical (unpaired) electrons. The van der Waals surface area contributed by atoms with Crippen molar-refractivity contribution >= 4 is 5.91 Å². The summed E-state index contributed by atoms with van der Waals surface area (Å²) < 4.78 is 1.72. The Morgan fingerprint density at radius 3 is 2.84 bits per heavy atom. The maximum Gasteiger partial charge on any atom is 0.270 e. The van der Waals surface area contributed by atoms with Crippen LogP contribution in [0.5, 0.6) is 0 Å². The van der Waals surface area contributed by atoms with Crippen molar-refractivity contribution in [3.63, 3.8) is 0 Å². The Hall–Kier alpha value is -2.14. The van der Waals surface area contributed by atoms with Gasteiger partial charge in [0.1, 0.15) is 5.69 Å². The van der Waals surface area contributed by atoms with Crippen LogP contribution in [0.15, 0.2) is 42.9 Å². The zero-order valence-electron chi connectivity index (χ0n) is 10.8. The number of nitrogens with one attached hydrogen (secondary N) is 1. The van der Waals surface area contributed by atoms with Gasteiger partial charge in [0.25, 0.3) is 5.91 Å². The Balaban J connectivity index is 2.14. The second-order valence-corrected chi connectivity index (χ2v) is 4.26. The van der Waals surface area contributed by atoms with Crippen molar-refractivity contribution in [2.75, 3.05) is 6.54 Å². The fourth-order valence-corrected chi connectivity index (χ4v) is 1.70. The number of aromatic nitrogens is 2. The van der Waals surface area contributed by atoms with Gasteiger partial charge in [-0.2, -0.15) is 0 Å². The molecular weight excluding hydrogens is 242 g/mol. The lowest BCUT2D eigenvalue weighted by atomic mass is 10.2. The molecule has 1 amide bonds. The molecule has 2 N–H and O–H groups in total. The van der Waals surface area contributed by atoms with Crippen molar-refractivity contribution in [1.82, 2.24) is 14.9 Å². The molecule has 0 bridgehead atoms. The van der Waals surface area contributed by atoms with E-state index in [4.69, 9.17) is 0 Å². The molecule has 1 unspecified atom stereocenters. The lowest BCUT2D eigenvalue weighted by molar-refractivity contribution is 0.0907. The van der Waals surface area contributed by atoms with Gasteiger partial charge >= 0.3 is 0 Å². The molecular formula is C14H17N3O2. The van der Waals surface area contributed by atoms with Crippen LogP contribution >= 0.6 is 0 Å². The summed E-state index contributed by atoms with van der Waals surface area (Å²) in [4.78, 5) is 16.0. The fourth-order valence-electron chi connectivity index (χ4n) is 1.70. The largest absolute Gasteiger partial charge is 0.391 e. The molecule has 5 nitrogen and oxygen atoms in total. The number of rotatable bonds is 5. The highest BCUT2D eigenvalue weighted by atomic mass is 16.3. The Morgan fingerprint density at radius 2 is 2.16 bits per heavy atom. The van der Waals surface area contributed by atoms with Gasteiger partial charge in [-0.25, -0.2) is 4.98 Å². The number of nitrogens with zero attached hydrogens (tertiary/aromatic N) is 2. The number of hydrogen-bond donors (Lipinski definition) is 2. The van der Waals surface area contributed by atoms with Gasteiger partial charge in [0.05, 0.1) is 18.6 Å². The van der Waals surface area contributed by atoms with Gasteiger partial charge in [0.15, 0.2) is 0 Å². The monoisotopic (exact) mass is 259 g/mol. The highest BCUT2D eigenvalue weighted by Gasteiger charge is 2.13. The number of imidazole rings is 1. The van der Waals surface area contributed by atoms with Gasteiger partial charge < -0.3 is 10.4 Å². The molecule has 1 atom stereocenters. The quantitative estimate of drug-likeness (QED) is 0.852. The molecule has 0 aliphatic heterocycles. The first-order valence-electron chi connectivity index (χ1n) is 6.26. The van der Waals surface area contributed by atoms with E-state index in [1.165, 1.54) is 6.20 Å². The second kappa shape index (κ2) is 6.15. The molecule has 19 heavy (non-hydrogen) atoms. The van der Waals surface area contributed by atoms with Crippen LogP contribution < -0.4 is 5.32 Å². The number of carbonyl (C=O) groups is 1. The minimum Gasteiger partial charge on any atom is -0.391 e. The molecule has 2 rings (SSSR count). The number of para-hydroxylation sites is 1. The molecule has 1 aromatic carbocycles. The van der Waals surface area contributed by atoms with Gasteiger partial charge in [-0.1, -0.05) is 25.1 Å². The van der Waals surface area contributed by atoms with Crippen LogP contribution in [-0.4, -0.2) is 33.2 Å². The molecule has 0 saturated heterocycles. The lowest BCUT2D eigenvalue weighted by Gasteiger charge is -2.11. The standard InChI is InChI=1S/C14H17N3O2/c1-2-12(18)8-16-14(19)13-9-15-10-17(13)11-6-4-3-5-7-11/h3-7,9-10,12,18H,2,8H2,1H3,(H,16,19). The van der Waals surface area contributed by atoms with Crippen LogP contribution in [0.1, 0.15) is 23.8 Å². The predicted molar refractivity (Wildman–Crippen MR) is 72.2 cm³/mol. The molecule has 2 aromatic rings. The summed E-state index contributed by atoms with van der Waals surface area (Å²) in [6, 6.07) is 9.52. The Labute approximate surface area is 111 Å². The molecule has 0 aliphatic carbocycles. The van der Waals surface area contributed by atoms with E-state index in [9.17, 15) is 9.90 Å². The van der Waals surface area contributed by atoms with E-state index in [-0.39, 0.29) is 12.5 Å². The first kappa shape index (κ1) is 13.3. The molecule has 100 valence electrons. The number of aliphatic hydroxyl groups is 1. The SMILES string of the molecule is CCC(O)CNC(=O)c1cncn1-c1ccccc1. The van der Waals surface area contributed by atoms with E-state index in [0.29, 0.717) is 12.1 Å². The van der Waals surface area contributed by atoms with Crippen LogP contribution in [0.2, 0.25) is 0 Å². The maximum atomic E-state index is 12.0. The van der Waals surface area contributed by atoms with E-state index in [0.717, 1.165) is 5.69 Å². The van der Waals surface area contributed by atoms with E-state index >= 15 is 0 Å². The highest BCUT2D eigenvalue weighted by molar-refractivity contribution is 5.93. The number of carbonyl (C=O) groups excluding carboxylic acids is 1. The van der Waals surface area contributed by atoms with Gasteiger partial charge in [-0.3, -0.25) is 9.36 Å². The van der Waals surface area contributed by atoms with E-state index in [1.54, 1.807) is 10.9 Å². The van der Waals surface area contributed by atoms with E-state index < -0.39 is 6.10 Å². The van der Waals surface area contributed by atoms with Gasteiger partial charge in [-0.05, 0) is 18.6 Å². The van der Waals surface area contributed by atoms with Gasteiger partial charge in [0.2, 0.25) is 0 Å². The van der Waals surface area contributed by atoms with Crippen LogP contribution in [0.4, 0.5) is 0 Å². The Morgan fingerprint density at radius 1 is 1.42 bits per heavy atom. The third-order valence-corrected chi connectivity index (χ3v) is 2.87. The summed E-state index contributed by atoms with van der Waals surface area (Å²) in [5.41, 5.74) is 1.33. The Kier molecular flexibility index (Phi) is 4.30. The summed E-state index contributed by atoms with van der Waals surface area (Å²) in [6.45, 7) is 2.11. The number of aliphatic hydroxyl groups excluding tert-OH is 1. The fraction of sp³-hybridized carbons (Fsp3) is 0.286. The third kappa shape index (κ3) is 3.20. The first-order chi connectivity index (χ1) is 9.22. The average molecular weight is 259 g/mol. The summed E-state index contributed by atoms with van der Waals surface area (Å²) >= 11 is 0. The molecule has 0 aliphatic rings. The minimum absolute atomic E-state index is 0.242. The highest BCUT2D eigenvalue weighted by Crippen LogP contribution is 2.10. The average Bonchev–Trinajstić information content (AvgIpc) is 2.94. The topological polar surface area (TPSA) is 67.2 Å². The summed E-state index contributed by atoms with van der Waals surface area (Å²) in [7, 11) is 0. The molecule has 0 spiro atoms. The van der Waals surface area contributed by atoms with Crippen molar-refractivity contribution in [2.45, 2.75) is 19.4 Å². The summed E-state index contributed by atoms with van der Waals surface area (Å²) in [6.07, 6.45) is 3.20. The smallest absolute Gasteiger partial charge is 0.270 e. The van der Waals surface area contributed by atoms with E-state index in [1.807, 2.05) is 37.3 Å². The van der Waals surface area contributed by atoms with Crippen LogP contribution in [0.3, 0.4) is 0 Å². The van der Waals surface area contributed by atoms with Gasteiger partial charge in [-0.15, -0.1) is 0 Å². The third-order valence-electron chi connectivity index (χ3n) is 2.87. The summed E-state index contributed by atoms with van der Waals surface area (Å²) in [5, 5.41) is 12.1. The lowest BCUT2D eigenvalue weighted by Crippen LogP contribution is -2.32. The predicted octanol–water partition coefficient (Wildman–Crippen LogP) is 1.37. The normalized spacial score (nSPS) is 12.1. The minimum atomic E-state index is -0.517. The maximum absolute atomic E-state index is 12.0. The zero-order valence-corrected chi connectivity index (χ0v) is 10.8. The first-order valence-corrected chi connectivity index (χ1v) is 6.26. The number of benzene rings is 1. The zero-order chi connectivity index (χ0) is 13.7. The van der Waals surface area contributed by atoms with Crippen molar-refractivity contribution < 1.29 is 9.90 Å². The molecule has 1 heterocycles. The summed E-state index contributed by atoms with van der Waals surface area (Å²) in [5.74, 6) is -0.242. The molecule has 5 heteroatoms. The van der Waals surface area contributed by atoms with Crippen molar-refractivity contribution in [2.24, 2.45) is 0 Å². The van der Waals surface area contributed by atoms with Crippen molar-refractivity contribution in [1.29, 1.82) is 0 Å². The Bertz CT molecular complexity index is 537. The molecule has 0 saturated carbocycles. The van der Waals surface area contributed by atoms with Crippen LogP contribution in [-0.2, 0) is 0 Å². The van der Waals surface area contributed by atoms with Crippen LogP contribution in [0, 0.1) is 0 Å².